The third-order valence-corrected chi connectivity index (χ3v) is 6.29. The van der Waals surface area contributed by atoms with Gasteiger partial charge in [0.15, 0.2) is 0 Å². The van der Waals surface area contributed by atoms with Gasteiger partial charge in [-0.05, 0) is 72.6 Å². The van der Waals surface area contributed by atoms with Gasteiger partial charge in [-0.1, -0.05) is 23.9 Å². The van der Waals surface area contributed by atoms with Crippen LogP contribution in [0.25, 0.3) is 0 Å². The molecule has 1 aliphatic rings. The van der Waals surface area contributed by atoms with Crippen LogP contribution in [0.4, 0.5) is 24.5 Å². The Labute approximate surface area is 197 Å². The third-order valence-electron chi connectivity index (χ3n) is 5.03. The summed E-state index contributed by atoms with van der Waals surface area (Å²) in [5, 5.41) is 11.7. The molecular weight excluding hydrogens is 463 g/mol. The van der Waals surface area contributed by atoms with E-state index < -0.39 is 34.5 Å². The van der Waals surface area contributed by atoms with Gasteiger partial charge in [0.2, 0.25) is 5.91 Å². The minimum Gasteiger partial charge on any atom is -0.321 e. The molecule has 3 aromatic rings. The minimum atomic E-state index is -0.779. The van der Waals surface area contributed by atoms with Gasteiger partial charge in [0.1, 0.15) is 34.1 Å². The van der Waals surface area contributed by atoms with Crippen molar-refractivity contribution in [2.75, 3.05) is 10.2 Å². The van der Waals surface area contributed by atoms with E-state index in [0.29, 0.717) is 5.56 Å². The van der Waals surface area contributed by atoms with Crippen molar-refractivity contribution < 1.29 is 22.8 Å². The predicted molar refractivity (Wildman–Crippen MR) is 123 cm³/mol. The van der Waals surface area contributed by atoms with E-state index in [-0.39, 0.29) is 28.4 Å². The van der Waals surface area contributed by atoms with Crippen molar-refractivity contribution in [1.82, 2.24) is 0 Å². The van der Waals surface area contributed by atoms with E-state index in [1.807, 2.05) is 6.07 Å². The van der Waals surface area contributed by atoms with Gasteiger partial charge in [0, 0.05) is 11.4 Å². The van der Waals surface area contributed by atoms with Crippen LogP contribution in [-0.2, 0) is 16.0 Å². The Hall–Kier alpha value is -4.03. The maximum Gasteiger partial charge on any atom is 0.269 e. The molecule has 1 atom stereocenters. The zero-order valence-corrected chi connectivity index (χ0v) is 18.3. The molecule has 0 saturated carbocycles. The van der Waals surface area contributed by atoms with Crippen LogP contribution in [0.1, 0.15) is 5.56 Å². The molecule has 9 heteroatoms. The lowest BCUT2D eigenvalue weighted by Crippen LogP contribution is -2.30. The van der Waals surface area contributed by atoms with Crippen LogP contribution in [-0.4, -0.2) is 17.1 Å². The number of nitriles is 1. The van der Waals surface area contributed by atoms with E-state index in [9.17, 15) is 28.0 Å². The van der Waals surface area contributed by atoms with Crippen LogP contribution in [0.15, 0.2) is 83.4 Å². The highest BCUT2D eigenvalue weighted by Crippen LogP contribution is 2.42. The monoisotopic (exact) mass is 479 g/mol. The number of rotatable bonds is 5. The first-order valence-electron chi connectivity index (χ1n) is 10.1. The Morgan fingerprint density at radius 2 is 1.44 bits per heavy atom. The SMILES string of the molecule is N#C/C(C(=O)Nc1ccc(F)cc1)=C1\S[C@H](Cc2ccc(F)cc2)C(=O)N1c1ccc(F)cc1. The highest BCUT2D eigenvalue weighted by Gasteiger charge is 2.40. The fourth-order valence-electron chi connectivity index (χ4n) is 3.37. The fraction of sp³-hybridized carbons (Fsp3) is 0.0800. The Kier molecular flexibility index (Phi) is 6.70. The number of halogens is 3. The van der Waals surface area contributed by atoms with Crippen molar-refractivity contribution in [3.8, 4) is 6.07 Å². The second kappa shape index (κ2) is 9.85. The maximum atomic E-state index is 13.5. The Morgan fingerprint density at radius 1 is 0.912 bits per heavy atom. The smallest absolute Gasteiger partial charge is 0.269 e. The van der Waals surface area contributed by atoms with Crippen LogP contribution in [0.3, 0.4) is 0 Å². The van der Waals surface area contributed by atoms with Crippen LogP contribution in [0, 0.1) is 28.8 Å². The first-order valence-corrected chi connectivity index (χ1v) is 11.0. The summed E-state index contributed by atoms with van der Waals surface area (Å²) in [6.45, 7) is 0. The summed E-state index contributed by atoms with van der Waals surface area (Å²) >= 11 is 1.02. The number of amides is 2. The van der Waals surface area contributed by atoms with Crippen molar-refractivity contribution in [2.45, 2.75) is 11.7 Å². The van der Waals surface area contributed by atoms with E-state index >= 15 is 0 Å². The van der Waals surface area contributed by atoms with Crippen LogP contribution < -0.4 is 10.2 Å². The van der Waals surface area contributed by atoms with Gasteiger partial charge in [-0.3, -0.25) is 14.5 Å². The van der Waals surface area contributed by atoms with Gasteiger partial charge in [-0.15, -0.1) is 0 Å². The van der Waals surface area contributed by atoms with Gasteiger partial charge >= 0.3 is 0 Å². The second-order valence-electron chi connectivity index (χ2n) is 7.34. The number of nitrogens with zero attached hydrogens (tertiary/aromatic N) is 2. The molecule has 4 rings (SSSR count). The summed E-state index contributed by atoms with van der Waals surface area (Å²) < 4.78 is 40.0. The highest BCUT2D eigenvalue weighted by molar-refractivity contribution is 8.05. The quantitative estimate of drug-likeness (QED) is 0.405. The first kappa shape index (κ1) is 23.1. The van der Waals surface area contributed by atoms with Crippen LogP contribution >= 0.6 is 11.8 Å². The van der Waals surface area contributed by atoms with Gasteiger partial charge in [-0.2, -0.15) is 5.26 Å². The molecule has 0 unspecified atom stereocenters. The Bertz CT molecular complexity index is 1300. The summed E-state index contributed by atoms with van der Waals surface area (Å²) in [7, 11) is 0. The minimum absolute atomic E-state index is 0.0887. The average molecular weight is 479 g/mol. The van der Waals surface area contributed by atoms with E-state index in [2.05, 4.69) is 5.32 Å². The number of nitrogens with one attached hydrogen (secondary N) is 1. The molecule has 3 aromatic carbocycles. The zero-order valence-electron chi connectivity index (χ0n) is 17.5. The summed E-state index contributed by atoms with van der Waals surface area (Å²) in [5.41, 5.74) is 0.929. The molecule has 5 nitrogen and oxygen atoms in total. The predicted octanol–water partition coefficient (Wildman–Crippen LogP) is 5.17. The topological polar surface area (TPSA) is 73.2 Å². The van der Waals surface area contributed by atoms with E-state index in [0.717, 1.165) is 23.9 Å². The number of anilines is 2. The molecular formula is C25H16F3N3O2S. The lowest BCUT2D eigenvalue weighted by molar-refractivity contribution is -0.117. The van der Waals surface area contributed by atoms with Crippen LogP contribution in [0.5, 0.6) is 0 Å². The van der Waals surface area contributed by atoms with Crippen molar-refractivity contribution in [3.63, 3.8) is 0 Å². The Morgan fingerprint density at radius 3 is 2.00 bits per heavy atom. The van der Waals surface area contributed by atoms with Gasteiger partial charge in [0.25, 0.3) is 5.91 Å². The third kappa shape index (κ3) is 4.97. The Balaban J connectivity index is 1.71. The van der Waals surface area contributed by atoms with Crippen molar-refractivity contribution >= 4 is 35.0 Å². The largest absolute Gasteiger partial charge is 0.321 e. The fourth-order valence-corrected chi connectivity index (χ4v) is 4.68. The van der Waals surface area contributed by atoms with Gasteiger partial charge in [-0.25, -0.2) is 13.2 Å². The molecule has 1 fully saturated rings. The van der Waals surface area contributed by atoms with Crippen LogP contribution in [0.2, 0.25) is 0 Å². The number of hydrogen-bond donors (Lipinski definition) is 1. The molecule has 0 aromatic heterocycles. The molecule has 0 aliphatic carbocycles. The molecule has 0 spiro atoms. The number of carbonyl (C=O) groups excluding carboxylic acids is 2. The molecule has 1 N–H and O–H groups in total. The maximum absolute atomic E-state index is 13.5. The molecule has 0 radical (unpaired) electrons. The zero-order chi connectivity index (χ0) is 24.2. The molecule has 1 aliphatic heterocycles. The standard InChI is InChI=1S/C25H16F3N3O2S/c26-16-3-1-15(2-4-16)13-22-24(33)31(20-11-7-18(28)8-12-20)25(34-22)21(14-29)23(32)30-19-9-5-17(27)6-10-19/h1-12,22H,13H2,(H,30,32)/b25-21+/t22-/m1/s1. The number of benzene rings is 3. The molecule has 1 saturated heterocycles. The van der Waals surface area contributed by atoms with Crippen molar-refractivity contribution in [2.24, 2.45) is 0 Å². The number of carbonyl (C=O) groups is 2. The van der Waals surface area contributed by atoms with Crippen molar-refractivity contribution in [3.05, 3.63) is 106 Å². The number of thioether (sulfide) groups is 1. The highest BCUT2D eigenvalue weighted by atomic mass is 32.2. The first-order chi connectivity index (χ1) is 16.4. The van der Waals surface area contributed by atoms with Gasteiger partial charge in [0.05, 0.1) is 5.25 Å². The molecule has 1 heterocycles. The van der Waals surface area contributed by atoms with Crippen molar-refractivity contribution in [1.29, 1.82) is 5.26 Å². The lowest BCUT2D eigenvalue weighted by Gasteiger charge is -2.18. The number of hydrogen-bond acceptors (Lipinski definition) is 4. The summed E-state index contributed by atoms with van der Waals surface area (Å²) in [5.74, 6) is -2.59. The summed E-state index contributed by atoms with van der Waals surface area (Å²) in [4.78, 5) is 27.5. The summed E-state index contributed by atoms with van der Waals surface area (Å²) in [6.07, 6.45) is 0.225. The van der Waals surface area contributed by atoms with E-state index in [1.54, 1.807) is 12.1 Å². The normalized spacial score (nSPS) is 16.8. The summed E-state index contributed by atoms with van der Waals surface area (Å²) in [6, 6.07) is 17.6. The molecule has 170 valence electrons. The van der Waals surface area contributed by atoms with Gasteiger partial charge < -0.3 is 5.32 Å². The van der Waals surface area contributed by atoms with E-state index in [4.69, 9.17) is 0 Å². The average Bonchev–Trinajstić information content (AvgIpc) is 3.13. The molecule has 2 amide bonds. The second-order valence-corrected chi connectivity index (χ2v) is 8.53. The van der Waals surface area contributed by atoms with E-state index in [1.165, 1.54) is 53.4 Å². The lowest BCUT2D eigenvalue weighted by atomic mass is 10.1. The molecule has 0 bridgehead atoms. The molecule has 34 heavy (non-hydrogen) atoms.